The number of carbonyl (C=O) groups is 1. The van der Waals surface area contributed by atoms with Gasteiger partial charge in [-0.15, -0.1) is 10.2 Å². The molecule has 0 atom stereocenters. The van der Waals surface area contributed by atoms with Crippen LogP contribution < -0.4 is 5.43 Å². The number of carbonyl (C=O) groups excluding carboxylic acids is 1. The second-order valence-corrected chi connectivity index (χ2v) is 3.66. The standard InChI is InChI=1S/C9H14N4O2/c14-9(12-13-6-10-11-7-13)5-8-1-3-15-4-2-8/h6-8H,1-5H2,(H,12,14). The first-order valence-corrected chi connectivity index (χ1v) is 5.07. The predicted octanol–water partition coefficient (Wildman–Crippen LogP) is 0.165. The van der Waals surface area contributed by atoms with E-state index in [-0.39, 0.29) is 5.91 Å². The van der Waals surface area contributed by atoms with E-state index >= 15 is 0 Å². The quantitative estimate of drug-likeness (QED) is 0.771. The second kappa shape index (κ2) is 4.88. The lowest BCUT2D eigenvalue weighted by Crippen LogP contribution is -2.26. The molecule has 1 fully saturated rings. The summed E-state index contributed by atoms with van der Waals surface area (Å²) >= 11 is 0. The Morgan fingerprint density at radius 1 is 1.40 bits per heavy atom. The van der Waals surface area contributed by atoms with Crippen LogP contribution in [0.5, 0.6) is 0 Å². The number of rotatable bonds is 3. The Morgan fingerprint density at radius 3 is 2.73 bits per heavy atom. The summed E-state index contributed by atoms with van der Waals surface area (Å²) in [7, 11) is 0. The molecule has 6 heteroatoms. The predicted molar refractivity (Wildman–Crippen MR) is 52.5 cm³/mol. The summed E-state index contributed by atoms with van der Waals surface area (Å²) in [4.78, 5) is 11.6. The highest BCUT2D eigenvalue weighted by Crippen LogP contribution is 2.18. The molecule has 0 unspecified atom stereocenters. The van der Waals surface area contributed by atoms with E-state index in [2.05, 4.69) is 15.6 Å². The van der Waals surface area contributed by atoms with Crippen molar-refractivity contribution in [1.29, 1.82) is 0 Å². The van der Waals surface area contributed by atoms with Crippen molar-refractivity contribution in [1.82, 2.24) is 14.9 Å². The Labute approximate surface area is 87.6 Å². The van der Waals surface area contributed by atoms with Crippen molar-refractivity contribution in [3.05, 3.63) is 12.7 Å². The first kappa shape index (κ1) is 10.1. The van der Waals surface area contributed by atoms with Crippen LogP contribution in [0, 0.1) is 5.92 Å². The molecule has 0 bridgehead atoms. The molecule has 0 aromatic carbocycles. The summed E-state index contributed by atoms with van der Waals surface area (Å²) in [5.74, 6) is 0.442. The molecule has 1 aliphatic rings. The van der Waals surface area contributed by atoms with Crippen LogP contribution in [0.3, 0.4) is 0 Å². The maximum atomic E-state index is 11.6. The Morgan fingerprint density at radius 2 is 2.07 bits per heavy atom. The molecule has 0 aliphatic carbocycles. The number of nitrogens with zero attached hydrogens (tertiary/aromatic N) is 3. The summed E-state index contributed by atoms with van der Waals surface area (Å²) in [6.45, 7) is 1.54. The zero-order valence-electron chi connectivity index (χ0n) is 8.43. The molecule has 1 aliphatic heterocycles. The van der Waals surface area contributed by atoms with Gasteiger partial charge in [0.2, 0.25) is 5.91 Å². The second-order valence-electron chi connectivity index (χ2n) is 3.66. The van der Waals surface area contributed by atoms with Gasteiger partial charge in [-0.05, 0) is 18.8 Å². The molecule has 6 nitrogen and oxygen atoms in total. The van der Waals surface area contributed by atoms with Crippen LogP contribution in [0.2, 0.25) is 0 Å². The zero-order valence-corrected chi connectivity index (χ0v) is 8.43. The molecule has 0 saturated carbocycles. The molecule has 82 valence electrons. The Balaban J connectivity index is 1.76. The van der Waals surface area contributed by atoms with Gasteiger partial charge in [-0.3, -0.25) is 10.2 Å². The molecule has 1 aromatic heterocycles. The maximum Gasteiger partial charge on any atom is 0.239 e. The van der Waals surface area contributed by atoms with Gasteiger partial charge in [0.15, 0.2) is 0 Å². The minimum atomic E-state index is 0.00157. The number of aromatic nitrogens is 3. The summed E-state index contributed by atoms with van der Waals surface area (Å²) in [6.07, 6.45) is 5.40. The van der Waals surface area contributed by atoms with E-state index in [0.717, 1.165) is 26.1 Å². The van der Waals surface area contributed by atoms with Gasteiger partial charge in [-0.25, -0.2) is 4.68 Å². The third kappa shape index (κ3) is 3.02. The number of hydrogen-bond donors (Lipinski definition) is 1. The summed E-state index contributed by atoms with van der Waals surface area (Å²) in [5.41, 5.74) is 2.68. The van der Waals surface area contributed by atoms with E-state index in [1.165, 1.54) is 17.3 Å². The minimum Gasteiger partial charge on any atom is -0.381 e. The highest BCUT2D eigenvalue weighted by molar-refractivity contribution is 5.83. The first-order valence-electron chi connectivity index (χ1n) is 5.07. The van der Waals surface area contributed by atoms with Crippen LogP contribution in [0.1, 0.15) is 19.3 Å². The molecular formula is C9H14N4O2. The van der Waals surface area contributed by atoms with E-state index in [1.807, 2.05) is 0 Å². The van der Waals surface area contributed by atoms with Crippen LogP contribution in [0.15, 0.2) is 12.7 Å². The first-order chi connectivity index (χ1) is 7.34. The normalized spacial score (nSPS) is 17.6. The van der Waals surface area contributed by atoms with Gasteiger partial charge < -0.3 is 4.74 Å². The minimum absolute atomic E-state index is 0.00157. The molecule has 0 radical (unpaired) electrons. The smallest absolute Gasteiger partial charge is 0.239 e. The number of ether oxygens (including phenoxy) is 1. The van der Waals surface area contributed by atoms with Crippen molar-refractivity contribution >= 4 is 5.91 Å². The lowest BCUT2D eigenvalue weighted by molar-refractivity contribution is -0.118. The van der Waals surface area contributed by atoms with Gasteiger partial charge in [-0.2, -0.15) is 0 Å². The molecule has 2 rings (SSSR count). The lowest BCUT2D eigenvalue weighted by Gasteiger charge is -2.21. The molecule has 1 aromatic rings. The van der Waals surface area contributed by atoms with Crippen LogP contribution in [-0.4, -0.2) is 34.0 Å². The fraction of sp³-hybridized carbons (Fsp3) is 0.667. The molecule has 1 N–H and O–H groups in total. The van der Waals surface area contributed by atoms with Gasteiger partial charge in [-0.1, -0.05) is 0 Å². The zero-order chi connectivity index (χ0) is 10.5. The highest BCUT2D eigenvalue weighted by Gasteiger charge is 2.17. The maximum absolute atomic E-state index is 11.6. The van der Waals surface area contributed by atoms with Crippen LogP contribution in [0.25, 0.3) is 0 Å². The van der Waals surface area contributed by atoms with E-state index in [9.17, 15) is 4.79 Å². The van der Waals surface area contributed by atoms with Gasteiger partial charge in [0.05, 0.1) is 0 Å². The van der Waals surface area contributed by atoms with Gasteiger partial charge >= 0.3 is 0 Å². The fourth-order valence-corrected chi connectivity index (χ4v) is 1.66. The van der Waals surface area contributed by atoms with Crippen molar-refractivity contribution in [3.8, 4) is 0 Å². The lowest BCUT2D eigenvalue weighted by atomic mass is 9.96. The SMILES string of the molecule is O=C(CC1CCOCC1)Nn1cnnc1. The van der Waals surface area contributed by atoms with Crippen molar-refractivity contribution in [2.45, 2.75) is 19.3 Å². The highest BCUT2D eigenvalue weighted by atomic mass is 16.5. The third-order valence-electron chi connectivity index (χ3n) is 2.49. The molecule has 1 saturated heterocycles. The van der Waals surface area contributed by atoms with Gasteiger partial charge in [0.25, 0.3) is 0 Å². The van der Waals surface area contributed by atoms with Crippen LogP contribution >= 0.6 is 0 Å². The Kier molecular flexibility index (Phi) is 3.29. The van der Waals surface area contributed by atoms with Gasteiger partial charge in [0.1, 0.15) is 12.7 Å². The largest absolute Gasteiger partial charge is 0.381 e. The van der Waals surface area contributed by atoms with Crippen molar-refractivity contribution in [2.75, 3.05) is 18.6 Å². The van der Waals surface area contributed by atoms with Crippen molar-refractivity contribution < 1.29 is 9.53 Å². The molecule has 15 heavy (non-hydrogen) atoms. The third-order valence-corrected chi connectivity index (χ3v) is 2.49. The molecule has 0 spiro atoms. The van der Waals surface area contributed by atoms with Crippen molar-refractivity contribution in [2.24, 2.45) is 5.92 Å². The Bertz CT molecular complexity index is 306. The van der Waals surface area contributed by atoms with E-state index < -0.39 is 0 Å². The van der Waals surface area contributed by atoms with Crippen LogP contribution in [-0.2, 0) is 9.53 Å². The number of nitrogens with one attached hydrogen (secondary N) is 1. The summed E-state index contributed by atoms with van der Waals surface area (Å²) < 4.78 is 6.69. The monoisotopic (exact) mass is 210 g/mol. The summed E-state index contributed by atoms with van der Waals surface area (Å²) in [5, 5.41) is 7.20. The molecule has 2 heterocycles. The van der Waals surface area contributed by atoms with E-state index in [1.54, 1.807) is 0 Å². The van der Waals surface area contributed by atoms with Crippen molar-refractivity contribution in [3.63, 3.8) is 0 Å². The summed E-state index contributed by atoms with van der Waals surface area (Å²) in [6, 6.07) is 0. The number of amides is 1. The average molecular weight is 210 g/mol. The topological polar surface area (TPSA) is 69.0 Å². The number of hydrogen-bond acceptors (Lipinski definition) is 4. The average Bonchev–Trinajstić information content (AvgIpc) is 2.71. The molecule has 1 amide bonds. The van der Waals surface area contributed by atoms with E-state index in [4.69, 9.17) is 4.74 Å². The molecular weight excluding hydrogens is 196 g/mol. The van der Waals surface area contributed by atoms with E-state index in [0.29, 0.717) is 12.3 Å². The Hall–Kier alpha value is -1.43. The van der Waals surface area contributed by atoms with Crippen LogP contribution in [0.4, 0.5) is 0 Å². The van der Waals surface area contributed by atoms with Gasteiger partial charge in [0, 0.05) is 19.6 Å². The fourth-order valence-electron chi connectivity index (χ4n) is 1.66.